The summed E-state index contributed by atoms with van der Waals surface area (Å²) in [4.78, 5) is 23.3. The van der Waals surface area contributed by atoms with Gasteiger partial charge in [-0.15, -0.1) is 0 Å². The van der Waals surface area contributed by atoms with Gasteiger partial charge in [0.05, 0.1) is 23.6 Å². The molecule has 2 N–H and O–H groups in total. The molecule has 0 aliphatic heterocycles. The molecule has 1 atom stereocenters. The van der Waals surface area contributed by atoms with E-state index in [1.54, 1.807) is 0 Å². The number of amides is 2. The normalized spacial score (nSPS) is 17.9. The number of hydrogen-bond donors (Lipinski definition) is 2. The van der Waals surface area contributed by atoms with E-state index in [4.69, 9.17) is 0 Å². The first-order chi connectivity index (χ1) is 12.8. The molecule has 0 fully saturated rings. The summed E-state index contributed by atoms with van der Waals surface area (Å²) in [5.74, 6) is -0.176. The number of rotatable bonds is 5. The molecule has 6 heteroatoms. The quantitative estimate of drug-likeness (QED) is 0.852. The Bertz CT molecular complexity index is 854. The molecule has 0 radical (unpaired) electrons. The van der Waals surface area contributed by atoms with Gasteiger partial charge in [0.25, 0.3) is 0 Å². The van der Waals surface area contributed by atoms with Crippen LogP contribution < -0.4 is 10.6 Å². The van der Waals surface area contributed by atoms with Crippen LogP contribution in [0, 0.1) is 12.3 Å². The predicted octanol–water partition coefficient (Wildman–Crippen LogP) is 2.84. The second-order valence-corrected chi connectivity index (χ2v) is 8.14. The van der Waals surface area contributed by atoms with Crippen molar-refractivity contribution in [1.29, 1.82) is 0 Å². The second kappa shape index (κ2) is 7.55. The van der Waals surface area contributed by atoms with Gasteiger partial charge in [-0.05, 0) is 36.8 Å². The third kappa shape index (κ3) is 4.38. The van der Waals surface area contributed by atoms with Crippen LogP contribution in [0.2, 0.25) is 0 Å². The SMILES string of the molecule is CC(=O)NCCC(=O)NC1CC(C)(C)Cc2c1cnn2-c1ccccc1C. The molecule has 1 heterocycles. The van der Waals surface area contributed by atoms with E-state index in [1.807, 2.05) is 23.0 Å². The monoisotopic (exact) mass is 368 g/mol. The zero-order chi connectivity index (χ0) is 19.6. The number of nitrogens with zero attached hydrogens (tertiary/aromatic N) is 2. The molecule has 2 aromatic rings. The molecule has 1 aromatic heterocycles. The number of para-hydroxylation sites is 1. The summed E-state index contributed by atoms with van der Waals surface area (Å²) in [5.41, 5.74) is 4.55. The topological polar surface area (TPSA) is 76.0 Å². The van der Waals surface area contributed by atoms with Crippen molar-refractivity contribution in [2.24, 2.45) is 5.41 Å². The minimum absolute atomic E-state index is 0.0546. The fourth-order valence-corrected chi connectivity index (χ4v) is 3.80. The summed E-state index contributed by atoms with van der Waals surface area (Å²) in [6, 6.07) is 8.14. The van der Waals surface area contributed by atoms with Gasteiger partial charge in [0.2, 0.25) is 11.8 Å². The Kier molecular flexibility index (Phi) is 5.35. The Labute approximate surface area is 160 Å². The molecule has 0 saturated carbocycles. The minimum atomic E-state index is -0.122. The highest BCUT2D eigenvalue weighted by molar-refractivity contribution is 5.78. The number of carbonyl (C=O) groups is 2. The first-order valence-electron chi connectivity index (χ1n) is 9.43. The first-order valence-corrected chi connectivity index (χ1v) is 9.43. The molecule has 2 amide bonds. The summed E-state index contributed by atoms with van der Waals surface area (Å²) in [5, 5.41) is 10.5. The number of benzene rings is 1. The van der Waals surface area contributed by atoms with E-state index in [-0.39, 0.29) is 29.7 Å². The molecule has 1 aromatic carbocycles. The van der Waals surface area contributed by atoms with Crippen molar-refractivity contribution < 1.29 is 9.59 Å². The number of aryl methyl sites for hydroxylation is 1. The molecule has 0 saturated heterocycles. The van der Waals surface area contributed by atoms with E-state index in [0.717, 1.165) is 29.8 Å². The molecule has 0 spiro atoms. The second-order valence-electron chi connectivity index (χ2n) is 8.14. The van der Waals surface area contributed by atoms with E-state index < -0.39 is 0 Å². The smallest absolute Gasteiger partial charge is 0.222 e. The highest BCUT2D eigenvalue weighted by Crippen LogP contribution is 2.41. The molecule has 144 valence electrons. The molecule has 27 heavy (non-hydrogen) atoms. The number of carbonyl (C=O) groups excluding carboxylic acids is 2. The molecule has 1 aliphatic carbocycles. The third-order valence-electron chi connectivity index (χ3n) is 5.08. The highest BCUT2D eigenvalue weighted by atomic mass is 16.2. The standard InChI is InChI=1S/C21H28N4O2/c1-14-7-5-6-8-18(14)25-19-12-21(3,4)11-17(16(19)13-23-25)24-20(27)9-10-22-15(2)26/h5-8,13,17H,9-12H2,1-4H3,(H,22,26)(H,24,27). The van der Waals surface area contributed by atoms with E-state index >= 15 is 0 Å². The van der Waals surface area contributed by atoms with Crippen molar-refractivity contribution in [3.8, 4) is 5.69 Å². The number of hydrogen-bond acceptors (Lipinski definition) is 3. The van der Waals surface area contributed by atoms with Crippen LogP contribution in [0.5, 0.6) is 0 Å². The average molecular weight is 368 g/mol. The lowest BCUT2D eigenvalue weighted by molar-refractivity contribution is -0.122. The maximum atomic E-state index is 12.4. The average Bonchev–Trinajstić information content (AvgIpc) is 2.97. The summed E-state index contributed by atoms with van der Waals surface area (Å²) in [6.45, 7) is 8.34. The molecular weight excluding hydrogens is 340 g/mol. The number of nitrogens with one attached hydrogen (secondary N) is 2. The van der Waals surface area contributed by atoms with Crippen molar-refractivity contribution in [2.45, 2.75) is 53.0 Å². The molecule has 6 nitrogen and oxygen atoms in total. The summed E-state index contributed by atoms with van der Waals surface area (Å²) >= 11 is 0. The Morgan fingerprint density at radius 3 is 2.74 bits per heavy atom. The predicted molar refractivity (Wildman–Crippen MR) is 105 cm³/mol. The number of fused-ring (bicyclic) bond motifs is 1. The van der Waals surface area contributed by atoms with Gasteiger partial charge in [-0.3, -0.25) is 9.59 Å². The zero-order valence-electron chi connectivity index (χ0n) is 16.5. The molecule has 1 aliphatic rings. The van der Waals surface area contributed by atoms with Crippen molar-refractivity contribution in [2.75, 3.05) is 6.54 Å². The summed E-state index contributed by atoms with van der Waals surface area (Å²) in [6.07, 6.45) is 3.94. The lowest BCUT2D eigenvalue weighted by Gasteiger charge is -2.36. The van der Waals surface area contributed by atoms with Crippen LogP contribution in [0.4, 0.5) is 0 Å². The van der Waals surface area contributed by atoms with Gasteiger partial charge in [-0.1, -0.05) is 32.0 Å². The van der Waals surface area contributed by atoms with Gasteiger partial charge >= 0.3 is 0 Å². The van der Waals surface area contributed by atoms with Crippen LogP contribution >= 0.6 is 0 Å². The van der Waals surface area contributed by atoms with Crippen LogP contribution in [0.25, 0.3) is 5.69 Å². The van der Waals surface area contributed by atoms with Crippen LogP contribution in [0.1, 0.15) is 56.5 Å². The fraction of sp³-hybridized carbons (Fsp3) is 0.476. The van der Waals surface area contributed by atoms with E-state index in [9.17, 15) is 9.59 Å². The lowest BCUT2D eigenvalue weighted by atomic mass is 9.74. The zero-order valence-corrected chi connectivity index (χ0v) is 16.5. The number of aromatic nitrogens is 2. The largest absolute Gasteiger partial charge is 0.356 e. The fourth-order valence-electron chi connectivity index (χ4n) is 3.80. The van der Waals surface area contributed by atoms with Crippen LogP contribution in [0.3, 0.4) is 0 Å². The first kappa shape index (κ1) is 19.1. The molecular formula is C21H28N4O2. The maximum absolute atomic E-state index is 12.4. The van der Waals surface area contributed by atoms with Gasteiger partial charge in [0.15, 0.2) is 0 Å². The van der Waals surface area contributed by atoms with Gasteiger partial charge in [0.1, 0.15) is 0 Å². The highest BCUT2D eigenvalue weighted by Gasteiger charge is 2.36. The van der Waals surface area contributed by atoms with E-state index in [0.29, 0.717) is 6.54 Å². The summed E-state index contributed by atoms with van der Waals surface area (Å²) < 4.78 is 2.02. The Morgan fingerprint density at radius 2 is 2.04 bits per heavy atom. The molecule has 1 unspecified atom stereocenters. The van der Waals surface area contributed by atoms with Crippen LogP contribution in [-0.4, -0.2) is 28.1 Å². The van der Waals surface area contributed by atoms with Crippen molar-refractivity contribution >= 4 is 11.8 Å². The molecule has 0 bridgehead atoms. The van der Waals surface area contributed by atoms with Crippen molar-refractivity contribution in [3.05, 3.63) is 47.3 Å². The van der Waals surface area contributed by atoms with Crippen molar-refractivity contribution in [1.82, 2.24) is 20.4 Å². The Morgan fingerprint density at radius 1 is 1.30 bits per heavy atom. The van der Waals surface area contributed by atoms with Crippen LogP contribution in [0.15, 0.2) is 30.5 Å². The lowest BCUT2D eigenvalue weighted by Crippen LogP contribution is -2.38. The minimum Gasteiger partial charge on any atom is -0.356 e. The van der Waals surface area contributed by atoms with E-state index in [1.165, 1.54) is 12.5 Å². The summed E-state index contributed by atoms with van der Waals surface area (Å²) in [7, 11) is 0. The van der Waals surface area contributed by atoms with Gasteiger partial charge < -0.3 is 10.6 Å². The maximum Gasteiger partial charge on any atom is 0.222 e. The van der Waals surface area contributed by atoms with E-state index in [2.05, 4.69) is 48.6 Å². The Balaban J connectivity index is 1.84. The molecule has 3 rings (SSSR count). The van der Waals surface area contributed by atoms with Gasteiger partial charge in [-0.25, -0.2) is 4.68 Å². The van der Waals surface area contributed by atoms with Gasteiger partial charge in [0, 0.05) is 25.5 Å². The van der Waals surface area contributed by atoms with Gasteiger partial charge in [-0.2, -0.15) is 5.10 Å². The van der Waals surface area contributed by atoms with Crippen molar-refractivity contribution in [3.63, 3.8) is 0 Å². The van der Waals surface area contributed by atoms with Crippen LogP contribution in [-0.2, 0) is 16.0 Å². The Hall–Kier alpha value is -2.63. The third-order valence-corrected chi connectivity index (χ3v) is 5.08.